The SMILES string of the molecule is CCC(C)COCCOCCOCCOC1CCNCC1. The van der Waals surface area contributed by atoms with E-state index >= 15 is 0 Å². The van der Waals surface area contributed by atoms with Gasteiger partial charge in [-0.2, -0.15) is 0 Å². The number of piperidine rings is 1. The summed E-state index contributed by atoms with van der Waals surface area (Å²) in [5.41, 5.74) is 0. The average molecular weight is 303 g/mol. The lowest BCUT2D eigenvalue weighted by Gasteiger charge is -2.22. The third-order valence-electron chi connectivity index (χ3n) is 3.71. The van der Waals surface area contributed by atoms with Gasteiger partial charge >= 0.3 is 0 Å². The average Bonchev–Trinajstić information content (AvgIpc) is 2.53. The van der Waals surface area contributed by atoms with Crippen molar-refractivity contribution in [3.63, 3.8) is 0 Å². The van der Waals surface area contributed by atoms with Gasteiger partial charge in [0.05, 0.1) is 45.7 Å². The molecule has 1 heterocycles. The highest BCUT2D eigenvalue weighted by Crippen LogP contribution is 2.06. The van der Waals surface area contributed by atoms with Crippen LogP contribution in [0, 0.1) is 5.92 Å². The topological polar surface area (TPSA) is 49.0 Å². The molecular weight excluding hydrogens is 270 g/mol. The molecule has 0 saturated carbocycles. The van der Waals surface area contributed by atoms with Gasteiger partial charge in [-0.25, -0.2) is 0 Å². The molecule has 0 amide bonds. The quantitative estimate of drug-likeness (QED) is 0.526. The van der Waals surface area contributed by atoms with Crippen LogP contribution in [0.1, 0.15) is 33.1 Å². The zero-order chi connectivity index (χ0) is 15.2. The van der Waals surface area contributed by atoms with Gasteiger partial charge in [0.15, 0.2) is 0 Å². The molecule has 1 rings (SSSR count). The monoisotopic (exact) mass is 303 g/mol. The number of hydrogen-bond donors (Lipinski definition) is 1. The Kier molecular flexibility index (Phi) is 12.1. The van der Waals surface area contributed by atoms with Crippen LogP contribution in [-0.2, 0) is 18.9 Å². The first-order chi connectivity index (χ1) is 10.3. The summed E-state index contributed by atoms with van der Waals surface area (Å²) in [6, 6.07) is 0. The smallest absolute Gasteiger partial charge is 0.0704 e. The van der Waals surface area contributed by atoms with E-state index in [1.807, 2.05) is 0 Å². The molecule has 21 heavy (non-hydrogen) atoms. The summed E-state index contributed by atoms with van der Waals surface area (Å²) in [5, 5.41) is 3.33. The highest BCUT2D eigenvalue weighted by atomic mass is 16.6. The summed E-state index contributed by atoms with van der Waals surface area (Å²) in [6.07, 6.45) is 3.79. The zero-order valence-corrected chi connectivity index (χ0v) is 13.8. The Labute approximate surface area is 129 Å². The zero-order valence-electron chi connectivity index (χ0n) is 13.8. The minimum Gasteiger partial charge on any atom is -0.379 e. The molecule has 0 aromatic carbocycles. The van der Waals surface area contributed by atoms with E-state index in [1.165, 1.54) is 0 Å². The molecule has 1 aliphatic rings. The van der Waals surface area contributed by atoms with Crippen molar-refractivity contribution in [2.45, 2.75) is 39.2 Å². The summed E-state index contributed by atoms with van der Waals surface area (Å²) in [4.78, 5) is 0. The number of rotatable bonds is 13. The van der Waals surface area contributed by atoms with E-state index < -0.39 is 0 Å². The Morgan fingerprint density at radius 1 is 0.905 bits per heavy atom. The van der Waals surface area contributed by atoms with Crippen LogP contribution in [0.15, 0.2) is 0 Å². The molecule has 0 bridgehead atoms. The van der Waals surface area contributed by atoms with Crippen molar-refractivity contribution in [3.05, 3.63) is 0 Å². The van der Waals surface area contributed by atoms with Gasteiger partial charge in [0.2, 0.25) is 0 Å². The Balaban J connectivity index is 1.72. The van der Waals surface area contributed by atoms with Gasteiger partial charge in [0.25, 0.3) is 0 Å². The second-order valence-corrected chi connectivity index (χ2v) is 5.63. The van der Waals surface area contributed by atoms with Crippen molar-refractivity contribution in [2.75, 3.05) is 59.3 Å². The van der Waals surface area contributed by atoms with Crippen LogP contribution in [0.4, 0.5) is 0 Å². The summed E-state index contributed by atoms with van der Waals surface area (Å²) in [6.45, 7) is 11.2. The highest BCUT2D eigenvalue weighted by molar-refractivity contribution is 4.67. The molecule has 126 valence electrons. The fourth-order valence-electron chi connectivity index (χ4n) is 2.08. The van der Waals surface area contributed by atoms with E-state index in [4.69, 9.17) is 18.9 Å². The van der Waals surface area contributed by atoms with Crippen molar-refractivity contribution in [1.82, 2.24) is 5.32 Å². The third-order valence-corrected chi connectivity index (χ3v) is 3.71. The lowest BCUT2D eigenvalue weighted by molar-refractivity contribution is -0.0263. The van der Waals surface area contributed by atoms with Gasteiger partial charge in [-0.15, -0.1) is 0 Å². The molecule has 1 atom stereocenters. The molecule has 1 saturated heterocycles. The van der Waals surface area contributed by atoms with E-state index in [0.717, 1.165) is 39.0 Å². The van der Waals surface area contributed by atoms with E-state index in [2.05, 4.69) is 19.2 Å². The van der Waals surface area contributed by atoms with Crippen LogP contribution in [-0.4, -0.2) is 65.4 Å². The normalized spacial score (nSPS) is 18.0. The molecule has 1 N–H and O–H groups in total. The molecule has 1 aliphatic heterocycles. The van der Waals surface area contributed by atoms with Crippen molar-refractivity contribution < 1.29 is 18.9 Å². The third kappa shape index (κ3) is 11.1. The summed E-state index contributed by atoms with van der Waals surface area (Å²) < 4.78 is 22.2. The molecular formula is C16H33NO4. The molecule has 0 aromatic rings. The summed E-state index contributed by atoms with van der Waals surface area (Å²) >= 11 is 0. The maximum absolute atomic E-state index is 5.75. The first-order valence-corrected chi connectivity index (χ1v) is 8.38. The van der Waals surface area contributed by atoms with Crippen LogP contribution >= 0.6 is 0 Å². The molecule has 0 aromatic heterocycles. The lowest BCUT2D eigenvalue weighted by Crippen LogP contribution is -2.33. The number of hydrogen-bond acceptors (Lipinski definition) is 5. The van der Waals surface area contributed by atoms with Gasteiger partial charge < -0.3 is 24.3 Å². The van der Waals surface area contributed by atoms with Gasteiger partial charge in [-0.1, -0.05) is 20.3 Å². The van der Waals surface area contributed by atoms with Gasteiger partial charge in [0.1, 0.15) is 0 Å². The Bertz CT molecular complexity index is 222. The van der Waals surface area contributed by atoms with Crippen LogP contribution in [0.2, 0.25) is 0 Å². The maximum Gasteiger partial charge on any atom is 0.0704 e. The minimum atomic E-state index is 0.411. The molecule has 0 spiro atoms. The first-order valence-electron chi connectivity index (χ1n) is 8.38. The summed E-state index contributed by atoms with van der Waals surface area (Å²) in [5.74, 6) is 0.633. The number of ether oxygens (including phenoxy) is 4. The highest BCUT2D eigenvalue weighted by Gasteiger charge is 2.12. The predicted molar refractivity (Wildman–Crippen MR) is 83.8 cm³/mol. The fourth-order valence-corrected chi connectivity index (χ4v) is 2.08. The van der Waals surface area contributed by atoms with Crippen molar-refractivity contribution in [3.8, 4) is 0 Å². The number of nitrogens with one attached hydrogen (secondary N) is 1. The van der Waals surface area contributed by atoms with E-state index in [9.17, 15) is 0 Å². The Morgan fingerprint density at radius 2 is 1.48 bits per heavy atom. The van der Waals surface area contributed by atoms with Gasteiger partial charge in [0, 0.05) is 6.61 Å². The molecule has 0 radical (unpaired) electrons. The molecule has 1 fully saturated rings. The van der Waals surface area contributed by atoms with Gasteiger partial charge in [-0.05, 0) is 31.8 Å². The molecule has 1 unspecified atom stereocenters. The van der Waals surface area contributed by atoms with Crippen LogP contribution < -0.4 is 5.32 Å². The van der Waals surface area contributed by atoms with Crippen molar-refractivity contribution in [2.24, 2.45) is 5.92 Å². The molecule has 5 heteroatoms. The van der Waals surface area contributed by atoms with Gasteiger partial charge in [-0.3, -0.25) is 0 Å². The predicted octanol–water partition coefficient (Wildman–Crippen LogP) is 1.85. The maximum atomic E-state index is 5.75. The van der Waals surface area contributed by atoms with Crippen molar-refractivity contribution >= 4 is 0 Å². The molecule has 0 aliphatic carbocycles. The minimum absolute atomic E-state index is 0.411. The van der Waals surface area contributed by atoms with E-state index in [0.29, 0.717) is 51.7 Å². The second kappa shape index (κ2) is 13.5. The van der Waals surface area contributed by atoms with Crippen molar-refractivity contribution in [1.29, 1.82) is 0 Å². The summed E-state index contributed by atoms with van der Waals surface area (Å²) in [7, 11) is 0. The second-order valence-electron chi connectivity index (χ2n) is 5.63. The van der Waals surface area contributed by atoms with Crippen LogP contribution in [0.3, 0.4) is 0 Å². The largest absolute Gasteiger partial charge is 0.379 e. The van der Waals surface area contributed by atoms with E-state index in [-0.39, 0.29) is 0 Å². The Morgan fingerprint density at radius 3 is 2.10 bits per heavy atom. The standard InChI is InChI=1S/C16H33NO4/c1-3-15(2)14-20-11-10-18-8-9-19-12-13-21-16-4-6-17-7-5-16/h15-17H,3-14H2,1-2H3. The lowest BCUT2D eigenvalue weighted by atomic mass is 10.1. The first kappa shape index (κ1) is 18.8. The molecule has 5 nitrogen and oxygen atoms in total. The van der Waals surface area contributed by atoms with E-state index in [1.54, 1.807) is 0 Å². The van der Waals surface area contributed by atoms with Crippen LogP contribution in [0.25, 0.3) is 0 Å². The van der Waals surface area contributed by atoms with Crippen LogP contribution in [0.5, 0.6) is 0 Å². The Hall–Kier alpha value is -0.200. The fraction of sp³-hybridized carbons (Fsp3) is 1.00.